The number of hydrogen-bond donors (Lipinski definition) is 0. The molecule has 2 aromatic heterocycles. The minimum Gasteiger partial charge on any atom is -0.418 e. The number of pyridine rings is 2. The molecule has 0 unspecified atom stereocenters. The fraction of sp³-hybridized carbons (Fsp3) is 0.143. The summed E-state index contributed by atoms with van der Waals surface area (Å²) in [5.41, 5.74) is 1.05. The molecule has 0 amide bonds. The Morgan fingerprint density at radius 3 is 1.21 bits per heavy atom. The van der Waals surface area contributed by atoms with Crippen LogP contribution >= 0.6 is 0 Å². The van der Waals surface area contributed by atoms with E-state index in [1.54, 1.807) is 48.8 Å². The van der Waals surface area contributed by atoms with Crippen LogP contribution in [0.1, 0.15) is 34.8 Å². The van der Waals surface area contributed by atoms with E-state index in [1.165, 1.54) is 13.8 Å². The average Bonchev–Trinajstić information content (AvgIpc) is 2.48. The zero-order valence-corrected chi connectivity index (χ0v) is 14.2. The molecule has 0 spiro atoms. The smallest absolute Gasteiger partial charge is 0.418 e. The number of Topliss-reactive ketones (excluding diaryl/α,β-unsaturated/α-hetero) is 2. The number of nitrogens with zero attached hydrogens (tertiary/aromatic N) is 2. The van der Waals surface area contributed by atoms with E-state index in [-0.39, 0.29) is 33.9 Å². The fourth-order valence-corrected chi connectivity index (χ4v) is 1.14. The van der Waals surface area contributed by atoms with Crippen molar-refractivity contribution in [1.82, 2.24) is 9.97 Å². The van der Waals surface area contributed by atoms with Crippen molar-refractivity contribution in [3.05, 3.63) is 60.2 Å². The van der Waals surface area contributed by atoms with Crippen LogP contribution in [0, 0.1) is 0 Å². The van der Waals surface area contributed by atoms with Gasteiger partial charge in [-0.3, -0.25) is 19.6 Å². The summed E-state index contributed by atoms with van der Waals surface area (Å²) in [7, 11) is -6.00. The predicted octanol–water partition coefficient (Wildman–Crippen LogP) is 3.87. The molecule has 10 heteroatoms. The standard InChI is InChI=1S/2C7H7NO.Ag.BF4/c2*1-6(9)7-4-2-3-5-8-7;;2-1(3,4)5/h2*2-5H,1H3;;/q;;+1;-1. The van der Waals surface area contributed by atoms with E-state index < -0.39 is 7.25 Å². The maximum Gasteiger partial charge on any atom is 1.00 e. The molecule has 2 heterocycles. The number of carbonyl (C=O) groups is 2. The normalized spacial score (nSPS) is 9.25. The van der Waals surface area contributed by atoms with Gasteiger partial charge in [0.15, 0.2) is 11.6 Å². The second-order valence-corrected chi connectivity index (χ2v) is 4.04. The Kier molecular flexibility index (Phi) is 12.8. The van der Waals surface area contributed by atoms with Crippen LogP contribution in [0.2, 0.25) is 0 Å². The number of rotatable bonds is 2. The molecule has 4 nitrogen and oxygen atoms in total. The summed E-state index contributed by atoms with van der Waals surface area (Å²) in [5, 5.41) is 0. The second kappa shape index (κ2) is 12.6. The Hall–Kier alpha value is -1.83. The zero-order valence-electron chi connectivity index (χ0n) is 12.7. The third-order valence-electron chi connectivity index (χ3n) is 2.05. The van der Waals surface area contributed by atoms with Crippen LogP contribution in [0.25, 0.3) is 0 Å². The summed E-state index contributed by atoms with van der Waals surface area (Å²) < 4.78 is 39.0. The number of ketones is 2. The predicted molar refractivity (Wildman–Crippen MR) is 78.7 cm³/mol. The maximum atomic E-state index is 10.6. The molecule has 134 valence electrons. The number of carbonyl (C=O) groups excluding carboxylic acids is 2. The van der Waals surface area contributed by atoms with Gasteiger partial charge in [0.2, 0.25) is 0 Å². The number of halogens is 4. The molecule has 0 atom stereocenters. The van der Waals surface area contributed by atoms with Gasteiger partial charge in [0.1, 0.15) is 11.4 Å². The first-order valence-corrected chi connectivity index (χ1v) is 6.32. The molecule has 0 aliphatic rings. The largest absolute Gasteiger partial charge is 1.00 e. The molecular weight excluding hydrogens is 423 g/mol. The van der Waals surface area contributed by atoms with Crippen LogP contribution in [0.4, 0.5) is 17.3 Å². The zero-order chi connectivity index (χ0) is 17.9. The summed E-state index contributed by atoms with van der Waals surface area (Å²) in [6.07, 6.45) is 3.22. The Morgan fingerprint density at radius 1 is 0.792 bits per heavy atom. The molecule has 0 radical (unpaired) electrons. The van der Waals surface area contributed by atoms with Gasteiger partial charge in [0, 0.05) is 26.2 Å². The van der Waals surface area contributed by atoms with E-state index >= 15 is 0 Å². The molecule has 0 N–H and O–H groups in total. The molecule has 0 fully saturated rings. The summed E-state index contributed by atoms with van der Waals surface area (Å²) >= 11 is 0. The van der Waals surface area contributed by atoms with E-state index in [1.807, 2.05) is 0 Å². The van der Waals surface area contributed by atoms with Crippen LogP contribution in [0.5, 0.6) is 0 Å². The minimum absolute atomic E-state index is 0. The molecule has 2 rings (SSSR count). The third-order valence-corrected chi connectivity index (χ3v) is 2.05. The van der Waals surface area contributed by atoms with Crippen molar-refractivity contribution in [2.45, 2.75) is 13.8 Å². The maximum absolute atomic E-state index is 10.6. The van der Waals surface area contributed by atoms with E-state index in [9.17, 15) is 26.9 Å². The van der Waals surface area contributed by atoms with Crippen LogP contribution in [0.3, 0.4) is 0 Å². The van der Waals surface area contributed by atoms with Crippen molar-refractivity contribution < 1.29 is 49.2 Å². The second-order valence-electron chi connectivity index (χ2n) is 4.04. The van der Waals surface area contributed by atoms with Gasteiger partial charge < -0.3 is 17.3 Å². The summed E-state index contributed by atoms with van der Waals surface area (Å²) in [4.78, 5) is 28.8. The van der Waals surface area contributed by atoms with Crippen LogP contribution in [-0.2, 0) is 22.4 Å². The van der Waals surface area contributed by atoms with Gasteiger partial charge in [-0.05, 0) is 24.3 Å². The minimum atomic E-state index is -6.00. The first-order chi connectivity index (χ1) is 10.6. The summed E-state index contributed by atoms with van der Waals surface area (Å²) in [5.74, 6) is 0.0196. The topological polar surface area (TPSA) is 59.9 Å². The molecule has 0 aliphatic carbocycles. The first kappa shape index (κ1) is 24.4. The van der Waals surface area contributed by atoms with Gasteiger partial charge in [-0.25, -0.2) is 0 Å². The molecule has 2 aromatic rings. The summed E-state index contributed by atoms with van der Waals surface area (Å²) in [6.45, 7) is 3.00. The van der Waals surface area contributed by atoms with E-state index in [0.717, 1.165) is 0 Å². The van der Waals surface area contributed by atoms with Crippen molar-refractivity contribution in [2.75, 3.05) is 0 Å². The van der Waals surface area contributed by atoms with Gasteiger partial charge in [0.25, 0.3) is 0 Å². The van der Waals surface area contributed by atoms with Gasteiger partial charge in [-0.2, -0.15) is 0 Å². The molecular formula is C14H14AgBF4N2O2. The molecule has 0 aromatic carbocycles. The molecule has 24 heavy (non-hydrogen) atoms. The van der Waals surface area contributed by atoms with E-state index in [4.69, 9.17) is 0 Å². The monoisotopic (exact) mass is 436 g/mol. The first-order valence-electron chi connectivity index (χ1n) is 6.32. The van der Waals surface area contributed by atoms with Gasteiger partial charge in [-0.1, -0.05) is 12.1 Å². The SMILES string of the molecule is CC(=O)c1ccccn1.CC(=O)c1ccccn1.F[B-](F)(F)F.[Ag+]. The summed E-state index contributed by atoms with van der Waals surface area (Å²) in [6, 6.07) is 10.6. The van der Waals surface area contributed by atoms with Crippen molar-refractivity contribution in [3.63, 3.8) is 0 Å². The quantitative estimate of drug-likeness (QED) is 0.407. The Balaban J connectivity index is 0. The van der Waals surface area contributed by atoms with Crippen LogP contribution in [-0.4, -0.2) is 28.8 Å². The van der Waals surface area contributed by atoms with E-state index in [0.29, 0.717) is 11.4 Å². The van der Waals surface area contributed by atoms with Crippen molar-refractivity contribution in [2.24, 2.45) is 0 Å². The molecule has 0 aliphatic heterocycles. The Bertz CT molecular complexity index is 558. The fourth-order valence-electron chi connectivity index (χ4n) is 1.14. The van der Waals surface area contributed by atoms with Gasteiger partial charge in [0.05, 0.1) is 0 Å². The molecule has 0 bridgehead atoms. The van der Waals surface area contributed by atoms with Crippen molar-refractivity contribution in [1.29, 1.82) is 0 Å². The van der Waals surface area contributed by atoms with Crippen LogP contribution in [0.15, 0.2) is 48.8 Å². The third kappa shape index (κ3) is 15.1. The van der Waals surface area contributed by atoms with Gasteiger partial charge in [-0.15, -0.1) is 0 Å². The molecule has 0 saturated carbocycles. The van der Waals surface area contributed by atoms with Gasteiger partial charge >= 0.3 is 29.6 Å². The van der Waals surface area contributed by atoms with Crippen molar-refractivity contribution in [3.8, 4) is 0 Å². The van der Waals surface area contributed by atoms with E-state index in [2.05, 4.69) is 9.97 Å². The van der Waals surface area contributed by atoms with Crippen molar-refractivity contribution >= 4 is 18.8 Å². The average molecular weight is 437 g/mol. The Labute approximate surface area is 152 Å². The Morgan fingerprint density at radius 2 is 1.08 bits per heavy atom. The number of hydrogen-bond acceptors (Lipinski definition) is 4. The van der Waals surface area contributed by atoms with Crippen LogP contribution < -0.4 is 0 Å². The molecule has 0 saturated heterocycles. The number of aromatic nitrogens is 2.